The van der Waals surface area contributed by atoms with E-state index in [9.17, 15) is 8.42 Å². The first-order valence-electron chi connectivity index (χ1n) is 7.86. The van der Waals surface area contributed by atoms with Crippen molar-refractivity contribution in [2.75, 3.05) is 36.7 Å². The number of anilines is 1. The summed E-state index contributed by atoms with van der Waals surface area (Å²) in [6.45, 7) is 2.54. The van der Waals surface area contributed by atoms with Crippen LogP contribution in [0.3, 0.4) is 0 Å². The van der Waals surface area contributed by atoms with E-state index in [0.717, 1.165) is 23.7 Å². The molecule has 0 spiro atoms. The van der Waals surface area contributed by atoms with Crippen LogP contribution in [-0.2, 0) is 16.4 Å². The van der Waals surface area contributed by atoms with Crippen LogP contribution < -0.4 is 14.4 Å². The molecule has 0 saturated carbocycles. The maximum absolute atomic E-state index is 11.4. The fourth-order valence-electron chi connectivity index (χ4n) is 2.64. The highest BCUT2D eigenvalue weighted by molar-refractivity contribution is 7.90. The summed E-state index contributed by atoms with van der Waals surface area (Å²) >= 11 is 1.70. The summed E-state index contributed by atoms with van der Waals surface area (Å²) in [5.41, 5.74) is 1.01. The molecule has 0 atom stereocenters. The monoisotopic (exact) mass is 367 g/mol. The van der Waals surface area contributed by atoms with E-state index in [1.165, 1.54) is 11.1 Å². The van der Waals surface area contributed by atoms with Gasteiger partial charge in [-0.2, -0.15) is 0 Å². The van der Waals surface area contributed by atoms with Gasteiger partial charge < -0.3 is 14.4 Å². The van der Waals surface area contributed by atoms with Crippen LogP contribution in [-0.4, -0.2) is 40.2 Å². The smallest absolute Gasteiger partial charge is 0.163 e. The average Bonchev–Trinajstić information content (AvgIpc) is 3.05. The third-order valence-corrected chi connectivity index (χ3v) is 5.65. The van der Waals surface area contributed by atoms with Gasteiger partial charge in [-0.3, -0.25) is 0 Å². The van der Waals surface area contributed by atoms with E-state index >= 15 is 0 Å². The Morgan fingerprint density at radius 3 is 2.67 bits per heavy atom. The number of benzene rings is 1. The van der Waals surface area contributed by atoms with Crippen LogP contribution in [0, 0.1) is 0 Å². The summed E-state index contributed by atoms with van der Waals surface area (Å²) in [6, 6.07) is 10.0. The Balaban J connectivity index is 1.77. The largest absolute Gasteiger partial charge is 0.486 e. The first kappa shape index (κ1) is 17.1. The highest BCUT2D eigenvalue weighted by Gasteiger charge is 2.16. The van der Waals surface area contributed by atoms with E-state index in [2.05, 4.69) is 11.0 Å². The molecule has 0 unspecified atom stereocenters. The fourth-order valence-corrected chi connectivity index (χ4v) is 4.01. The van der Waals surface area contributed by atoms with Crippen LogP contribution in [0.2, 0.25) is 0 Å². The number of thiophene rings is 1. The van der Waals surface area contributed by atoms with Gasteiger partial charge in [0.1, 0.15) is 23.1 Å². The van der Waals surface area contributed by atoms with Gasteiger partial charge in [0.15, 0.2) is 11.5 Å². The van der Waals surface area contributed by atoms with Gasteiger partial charge in [-0.05, 0) is 30.0 Å². The highest BCUT2D eigenvalue weighted by Crippen LogP contribution is 2.34. The van der Waals surface area contributed by atoms with Crippen molar-refractivity contribution in [3.8, 4) is 11.5 Å². The molecule has 0 radical (unpaired) electrons. The van der Waals surface area contributed by atoms with E-state index in [1.807, 2.05) is 29.6 Å². The summed E-state index contributed by atoms with van der Waals surface area (Å²) in [5.74, 6) is 1.70. The number of nitrogens with zero attached hydrogens (tertiary/aromatic N) is 1. The molecule has 2 aromatic rings. The molecule has 2 heterocycles. The Hall–Kier alpha value is -1.73. The van der Waals surface area contributed by atoms with E-state index < -0.39 is 9.84 Å². The number of fused-ring (bicyclic) bond motifs is 1. The summed E-state index contributed by atoms with van der Waals surface area (Å²) in [4.78, 5) is 3.43. The van der Waals surface area contributed by atoms with Gasteiger partial charge in [0.25, 0.3) is 0 Å². The van der Waals surface area contributed by atoms with Crippen molar-refractivity contribution in [1.82, 2.24) is 0 Å². The molecule has 0 N–H and O–H groups in total. The topological polar surface area (TPSA) is 55.8 Å². The molecule has 0 aliphatic carbocycles. The Kier molecular flexibility index (Phi) is 5.30. The van der Waals surface area contributed by atoms with Gasteiger partial charge in [0, 0.05) is 29.4 Å². The van der Waals surface area contributed by atoms with Crippen molar-refractivity contribution >= 4 is 26.9 Å². The molecule has 1 aliphatic heterocycles. The first-order valence-corrected chi connectivity index (χ1v) is 10.8. The van der Waals surface area contributed by atoms with Gasteiger partial charge in [0.05, 0.1) is 12.3 Å². The van der Waals surface area contributed by atoms with Crippen molar-refractivity contribution in [3.63, 3.8) is 0 Å². The lowest BCUT2D eigenvalue weighted by molar-refractivity contribution is 0.171. The van der Waals surface area contributed by atoms with Crippen molar-refractivity contribution in [2.24, 2.45) is 0 Å². The van der Waals surface area contributed by atoms with E-state index in [1.54, 1.807) is 11.3 Å². The quantitative estimate of drug-likeness (QED) is 0.753. The minimum Gasteiger partial charge on any atom is -0.486 e. The molecule has 0 amide bonds. The molecule has 0 saturated heterocycles. The zero-order valence-corrected chi connectivity index (χ0v) is 15.2. The second-order valence-corrected chi connectivity index (χ2v) is 9.10. The Labute approximate surface area is 146 Å². The van der Waals surface area contributed by atoms with Crippen molar-refractivity contribution in [2.45, 2.75) is 13.0 Å². The van der Waals surface area contributed by atoms with Crippen LogP contribution >= 0.6 is 11.3 Å². The standard InChI is InChI=1S/C17H21NO4S2/c1-24(19,20)11-3-7-18(13-15-4-2-10-23-15)14-5-6-16-17(12-14)22-9-8-21-16/h2,4-6,10,12H,3,7-9,11,13H2,1H3. The summed E-state index contributed by atoms with van der Waals surface area (Å²) in [5, 5.41) is 2.05. The molecular weight excluding hydrogens is 346 g/mol. The van der Waals surface area contributed by atoms with Gasteiger partial charge in [-0.1, -0.05) is 6.07 Å². The molecule has 0 fully saturated rings. The molecular formula is C17H21NO4S2. The second kappa shape index (κ2) is 7.44. The summed E-state index contributed by atoms with van der Waals surface area (Å²) in [6.07, 6.45) is 1.87. The molecule has 1 aromatic heterocycles. The van der Waals surface area contributed by atoms with Gasteiger partial charge in [-0.15, -0.1) is 11.3 Å². The SMILES string of the molecule is CS(=O)(=O)CCCN(Cc1cccs1)c1ccc2c(c1)OCCO2. The molecule has 130 valence electrons. The zero-order chi connectivity index (χ0) is 17.0. The maximum atomic E-state index is 11.4. The molecule has 24 heavy (non-hydrogen) atoms. The van der Waals surface area contributed by atoms with Crippen LogP contribution in [0.4, 0.5) is 5.69 Å². The average molecular weight is 367 g/mol. The van der Waals surface area contributed by atoms with Crippen LogP contribution in [0.1, 0.15) is 11.3 Å². The number of hydrogen-bond donors (Lipinski definition) is 0. The van der Waals surface area contributed by atoms with Crippen molar-refractivity contribution in [1.29, 1.82) is 0 Å². The molecule has 0 bridgehead atoms. The van der Waals surface area contributed by atoms with E-state index in [-0.39, 0.29) is 5.75 Å². The molecule has 7 heteroatoms. The Bertz CT molecular complexity index is 772. The van der Waals surface area contributed by atoms with Crippen molar-refractivity contribution in [3.05, 3.63) is 40.6 Å². The lowest BCUT2D eigenvalue weighted by Gasteiger charge is -2.26. The number of hydrogen-bond acceptors (Lipinski definition) is 6. The van der Waals surface area contributed by atoms with Crippen LogP contribution in [0.25, 0.3) is 0 Å². The zero-order valence-electron chi connectivity index (χ0n) is 13.6. The number of sulfone groups is 1. The van der Waals surface area contributed by atoms with Gasteiger partial charge in [0.2, 0.25) is 0 Å². The van der Waals surface area contributed by atoms with E-state index in [4.69, 9.17) is 9.47 Å². The molecule has 5 nitrogen and oxygen atoms in total. The predicted octanol–water partition coefficient (Wildman–Crippen LogP) is 2.96. The third kappa shape index (κ3) is 4.64. The number of rotatable bonds is 7. The minimum atomic E-state index is -2.95. The minimum absolute atomic E-state index is 0.193. The van der Waals surface area contributed by atoms with Gasteiger partial charge in [-0.25, -0.2) is 8.42 Å². The molecule has 1 aromatic carbocycles. The summed E-state index contributed by atoms with van der Waals surface area (Å²) < 4.78 is 34.0. The first-order chi connectivity index (χ1) is 11.5. The van der Waals surface area contributed by atoms with Crippen LogP contribution in [0.15, 0.2) is 35.7 Å². The normalized spacial score (nSPS) is 13.7. The van der Waals surface area contributed by atoms with Crippen molar-refractivity contribution < 1.29 is 17.9 Å². The lowest BCUT2D eigenvalue weighted by Crippen LogP contribution is -2.25. The van der Waals surface area contributed by atoms with Gasteiger partial charge >= 0.3 is 0 Å². The van der Waals surface area contributed by atoms with E-state index in [0.29, 0.717) is 26.2 Å². The number of ether oxygens (including phenoxy) is 2. The lowest BCUT2D eigenvalue weighted by atomic mass is 10.2. The highest BCUT2D eigenvalue weighted by atomic mass is 32.2. The van der Waals surface area contributed by atoms with Crippen LogP contribution in [0.5, 0.6) is 11.5 Å². The predicted molar refractivity (Wildman–Crippen MR) is 97.1 cm³/mol. The molecule has 3 rings (SSSR count). The Morgan fingerprint density at radius 1 is 1.17 bits per heavy atom. The second-order valence-electron chi connectivity index (χ2n) is 5.81. The molecule has 1 aliphatic rings. The maximum Gasteiger partial charge on any atom is 0.163 e. The third-order valence-electron chi connectivity index (χ3n) is 3.76. The Morgan fingerprint density at radius 2 is 1.96 bits per heavy atom. The summed E-state index contributed by atoms with van der Waals surface area (Å²) in [7, 11) is -2.95. The fraction of sp³-hybridized carbons (Fsp3) is 0.412.